The lowest BCUT2D eigenvalue weighted by atomic mass is 10.2. The number of pyridine rings is 1. The number of hydrogen-bond acceptors (Lipinski definition) is 3. The summed E-state index contributed by atoms with van der Waals surface area (Å²) in [7, 11) is 0. The molecule has 3 rings (SSSR count). The van der Waals surface area contributed by atoms with Gasteiger partial charge in [-0.3, -0.25) is 0 Å². The van der Waals surface area contributed by atoms with Crippen molar-refractivity contribution in [3.63, 3.8) is 0 Å². The molecule has 0 unspecified atom stereocenters. The van der Waals surface area contributed by atoms with E-state index in [4.69, 9.17) is 0 Å². The van der Waals surface area contributed by atoms with Crippen LogP contribution in [0.5, 0.6) is 0 Å². The van der Waals surface area contributed by atoms with Gasteiger partial charge in [0.15, 0.2) is 0 Å². The van der Waals surface area contributed by atoms with Gasteiger partial charge in [-0.25, -0.2) is 4.98 Å². The summed E-state index contributed by atoms with van der Waals surface area (Å²) in [5.74, 6) is 1.10. The van der Waals surface area contributed by atoms with E-state index >= 15 is 0 Å². The number of anilines is 1. The molecule has 0 atom stereocenters. The van der Waals surface area contributed by atoms with E-state index in [1.807, 2.05) is 12.3 Å². The van der Waals surface area contributed by atoms with Crippen LogP contribution in [-0.4, -0.2) is 23.6 Å². The molecule has 3 nitrogen and oxygen atoms in total. The monoisotopic (exact) mass is 243 g/mol. The molecule has 18 heavy (non-hydrogen) atoms. The summed E-state index contributed by atoms with van der Waals surface area (Å²) in [6.07, 6.45) is 9.15. The van der Waals surface area contributed by atoms with Crippen LogP contribution in [0.3, 0.4) is 0 Å². The second-order valence-electron chi connectivity index (χ2n) is 5.35. The van der Waals surface area contributed by atoms with Gasteiger partial charge in [0.05, 0.1) is 0 Å². The Bertz CT molecular complexity index is 422. The maximum Gasteiger partial charge on any atom is 0.129 e. The predicted octanol–water partition coefficient (Wildman–Crippen LogP) is 2.49. The lowest BCUT2D eigenvalue weighted by molar-refractivity contribution is 0.686. The number of aromatic nitrogens is 1. The Hall–Kier alpha value is -1.35. The normalized spacial score (nSPS) is 18.7. The van der Waals surface area contributed by atoms with Crippen molar-refractivity contribution in [2.45, 2.75) is 44.3 Å². The van der Waals surface area contributed by atoms with Crippen molar-refractivity contribution in [1.29, 1.82) is 0 Å². The number of rotatable bonds is 7. The predicted molar refractivity (Wildman–Crippen MR) is 74.7 cm³/mol. The molecule has 0 radical (unpaired) electrons. The number of nitrogens with one attached hydrogen (secondary N) is 1. The second-order valence-corrected chi connectivity index (χ2v) is 5.35. The van der Waals surface area contributed by atoms with Crippen LogP contribution in [0, 0.1) is 0 Å². The number of nitrogens with zero attached hydrogens (tertiary/aromatic N) is 2. The fourth-order valence-corrected chi connectivity index (χ4v) is 2.23. The molecular formula is C15H21N3. The summed E-state index contributed by atoms with van der Waals surface area (Å²) in [5, 5.41) is 3.55. The van der Waals surface area contributed by atoms with E-state index in [2.05, 4.69) is 33.9 Å². The molecule has 0 aliphatic heterocycles. The summed E-state index contributed by atoms with van der Waals surface area (Å²) in [4.78, 5) is 6.88. The minimum absolute atomic E-state index is 0.683. The smallest absolute Gasteiger partial charge is 0.129 e. The Labute approximate surface area is 109 Å². The molecule has 0 saturated heterocycles. The lowest BCUT2D eigenvalue weighted by Crippen LogP contribution is -2.26. The van der Waals surface area contributed by atoms with Gasteiger partial charge < -0.3 is 10.2 Å². The van der Waals surface area contributed by atoms with Crippen LogP contribution in [0.25, 0.3) is 0 Å². The minimum Gasteiger partial charge on any atom is -0.350 e. The van der Waals surface area contributed by atoms with Crippen LogP contribution in [0.15, 0.2) is 31.0 Å². The van der Waals surface area contributed by atoms with E-state index in [9.17, 15) is 0 Å². The zero-order valence-corrected chi connectivity index (χ0v) is 10.8. The topological polar surface area (TPSA) is 28.2 Å². The van der Waals surface area contributed by atoms with Gasteiger partial charge in [-0.15, -0.1) is 6.58 Å². The van der Waals surface area contributed by atoms with Crippen molar-refractivity contribution in [2.75, 3.05) is 11.4 Å². The molecule has 1 heterocycles. The molecule has 2 aliphatic rings. The van der Waals surface area contributed by atoms with Gasteiger partial charge in [0.2, 0.25) is 0 Å². The summed E-state index contributed by atoms with van der Waals surface area (Å²) in [5.41, 5.74) is 1.33. The van der Waals surface area contributed by atoms with Crippen LogP contribution in [0.2, 0.25) is 0 Å². The first-order valence-corrected chi connectivity index (χ1v) is 6.92. The molecule has 96 valence electrons. The van der Waals surface area contributed by atoms with Gasteiger partial charge in [-0.1, -0.05) is 6.08 Å². The van der Waals surface area contributed by atoms with E-state index in [-0.39, 0.29) is 0 Å². The molecular weight excluding hydrogens is 222 g/mol. The highest BCUT2D eigenvalue weighted by Gasteiger charge is 2.29. The fraction of sp³-hybridized carbons (Fsp3) is 0.533. The van der Waals surface area contributed by atoms with Crippen LogP contribution < -0.4 is 10.2 Å². The summed E-state index contributed by atoms with van der Waals surface area (Å²) in [6.45, 7) is 5.71. The average Bonchev–Trinajstić information content (AvgIpc) is 3.28. The van der Waals surface area contributed by atoms with Crippen LogP contribution in [0.4, 0.5) is 5.82 Å². The molecule has 0 amide bonds. The summed E-state index contributed by atoms with van der Waals surface area (Å²) < 4.78 is 0. The lowest BCUT2D eigenvalue weighted by Gasteiger charge is -2.22. The maximum atomic E-state index is 4.51. The molecule has 0 aromatic carbocycles. The van der Waals surface area contributed by atoms with Crippen LogP contribution >= 0.6 is 0 Å². The van der Waals surface area contributed by atoms with Crippen molar-refractivity contribution in [3.8, 4) is 0 Å². The molecule has 1 aromatic heterocycles. The van der Waals surface area contributed by atoms with E-state index < -0.39 is 0 Å². The minimum atomic E-state index is 0.683. The van der Waals surface area contributed by atoms with Crippen molar-refractivity contribution in [2.24, 2.45) is 0 Å². The Morgan fingerprint density at radius 1 is 1.39 bits per heavy atom. The molecule has 1 aromatic rings. The van der Waals surface area contributed by atoms with Crippen molar-refractivity contribution in [1.82, 2.24) is 10.3 Å². The van der Waals surface area contributed by atoms with Gasteiger partial charge in [0.25, 0.3) is 0 Å². The highest BCUT2D eigenvalue weighted by atomic mass is 15.2. The van der Waals surface area contributed by atoms with Gasteiger partial charge in [0, 0.05) is 31.4 Å². The van der Waals surface area contributed by atoms with E-state index in [1.165, 1.54) is 31.2 Å². The van der Waals surface area contributed by atoms with Gasteiger partial charge in [0.1, 0.15) is 5.82 Å². The molecule has 2 fully saturated rings. The third-order valence-corrected chi connectivity index (χ3v) is 3.59. The van der Waals surface area contributed by atoms with Crippen molar-refractivity contribution >= 4 is 5.82 Å². The SMILES string of the molecule is C=CCN(c1cc(CNC2CC2)ccn1)C1CC1. The highest BCUT2D eigenvalue weighted by Crippen LogP contribution is 2.30. The Balaban J connectivity index is 1.68. The maximum absolute atomic E-state index is 4.51. The number of hydrogen-bond donors (Lipinski definition) is 1. The highest BCUT2D eigenvalue weighted by molar-refractivity contribution is 5.44. The quantitative estimate of drug-likeness (QED) is 0.746. The summed E-state index contributed by atoms with van der Waals surface area (Å²) in [6, 6.07) is 5.77. The van der Waals surface area contributed by atoms with E-state index in [0.717, 1.165) is 24.9 Å². The van der Waals surface area contributed by atoms with E-state index in [0.29, 0.717) is 6.04 Å². The third-order valence-electron chi connectivity index (χ3n) is 3.59. The second kappa shape index (κ2) is 5.11. The molecule has 1 N–H and O–H groups in total. The Morgan fingerprint density at radius 3 is 2.89 bits per heavy atom. The zero-order valence-electron chi connectivity index (χ0n) is 10.8. The van der Waals surface area contributed by atoms with Gasteiger partial charge in [-0.2, -0.15) is 0 Å². The van der Waals surface area contributed by atoms with Gasteiger partial charge >= 0.3 is 0 Å². The average molecular weight is 243 g/mol. The molecule has 0 spiro atoms. The van der Waals surface area contributed by atoms with Crippen molar-refractivity contribution in [3.05, 3.63) is 36.5 Å². The first kappa shape index (κ1) is 11.7. The Morgan fingerprint density at radius 2 is 2.22 bits per heavy atom. The van der Waals surface area contributed by atoms with E-state index in [1.54, 1.807) is 0 Å². The van der Waals surface area contributed by atoms with Crippen LogP contribution in [-0.2, 0) is 6.54 Å². The van der Waals surface area contributed by atoms with Gasteiger partial charge in [-0.05, 0) is 43.4 Å². The largest absolute Gasteiger partial charge is 0.350 e. The molecule has 3 heteroatoms. The summed E-state index contributed by atoms with van der Waals surface area (Å²) >= 11 is 0. The standard InChI is InChI=1S/C15H21N3/c1-2-9-18(14-5-6-14)15-10-12(7-8-16-15)11-17-13-3-4-13/h2,7-8,10,13-14,17H,1,3-6,9,11H2. The fourth-order valence-electron chi connectivity index (χ4n) is 2.23. The molecule has 2 saturated carbocycles. The molecule has 2 aliphatic carbocycles. The zero-order chi connectivity index (χ0) is 12.4. The third kappa shape index (κ3) is 2.91. The first-order valence-electron chi connectivity index (χ1n) is 6.92. The van der Waals surface area contributed by atoms with Crippen molar-refractivity contribution < 1.29 is 0 Å². The molecule has 0 bridgehead atoms. The Kier molecular flexibility index (Phi) is 3.33. The van der Waals surface area contributed by atoms with Crippen LogP contribution in [0.1, 0.15) is 31.2 Å². The first-order chi connectivity index (χ1) is 8.86.